The molecule has 3 aromatic rings. The van der Waals surface area contributed by atoms with Gasteiger partial charge in [0.05, 0.1) is 34.7 Å². The van der Waals surface area contributed by atoms with Crippen LogP contribution in [0.1, 0.15) is 37.6 Å². The van der Waals surface area contributed by atoms with Gasteiger partial charge in [0.15, 0.2) is 10.1 Å². The molecule has 1 unspecified atom stereocenters. The van der Waals surface area contributed by atoms with E-state index in [0.29, 0.717) is 10.7 Å². The number of amides is 1. The predicted molar refractivity (Wildman–Crippen MR) is 117 cm³/mol. The number of imidazole rings is 1. The molecule has 0 fully saturated rings. The first-order chi connectivity index (χ1) is 14.8. The second-order valence-electron chi connectivity index (χ2n) is 6.80. The maximum atomic E-state index is 12.6. The van der Waals surface area contributed by atoms with Crippen molar-refractivity contribution in [2.24, 2.45) is 0 Å². The van der Waals surface area contributed by atoms with E-state index in [0.717, 1.165) is 0 Å². The van der Waals surface area contributed by atoms with E-state index in [1.54, 1.807) is 30.5 Å². The molecule has 9 nitrogen and oxygen atoms in total. The Labute approximate surface area is 186 Å². The number of esters is 1. The van der Waals surface area contributed by atoms with E-state index in [-0.39, 0.29) is 28.9 Å². The smallest absolute Gasteiger partial charge is 0.308 e. The Bertz CT molecular complexity index is 1150. The number of rotatable bonds is 8. The highest BCUT2D eigenvalue weighted by atomic mass is 35.5. The molecule has 0 aliphatic carbocycles. The zero-order valence-electron chi connectivity index (χ0n) is 16.6. The first-order valence-electron chi connectivity index (χ1n) is 9.28. The van der Waals surface area contributed by atoms with Crippen LogP contribution in [0.2, 0.25) is 5.15 Å². The van der Waals surface area contributed by atoms with Gasteiger partial charge in [0, 0.05) is 23.7 Å². The lowest BCUT2D eigenvalue weighted by Gasteiger charge is -2.18. The molecule has 1 N–H and O–H groups in total. The lowest BCUT2D eigenvalue weighted by atomic mass is 10.0. The van der Waals surface area contributed by atoms with E-state index in [1.807, 2.05) is 5.38 Å². The van der Waals surface area contributed by atoms with E-state index in [2.05, 4.69) is 10.3 Å². The normalized spacial score (nSPS) is 12.4. The fraction of sp³-hybridized carbons (Fsp3) is 0.250. The van der Waals surface area contributed by atoms with E-state index >= 15 is 0 Å². The van der Waals surface area contributed by atoms with Crippen molar-refractivity contribution in [2.45, 2.75) is 32.4 Å². The van der Waals surface area contributed by atoms with Crippen LogP contribution in [0.4, 0.5) is 5.69 Å². The van der Waals surface area contributed by atoms with E-state index < -0.39 is 22.8 Å². The van der Waals surface area contributed by atoms with Gasteiger partial charge in [0.25, 0.3) is 5.69 Å². The number of ether oxygens (including phenoxy) is 1. The molecule has 0 aliphatic heterocycles. The molecule has 0 radical (unpaired) electrons. The second-order valence-corrected chi connectivity index (χ2v) is 8.03. The predicted octanol–water partition coefficient (Wildman–Crippen LogP) is 4.17. The van der Waals surface area contributed by atoms with Gasteiger partial charge in [-0.15, -0.1) is 11.3 Å². The van der Waals surface area contributed by atoms with Gasteiger partial charge < -0.3 is 10.1 Å². The van der Waals surface area contributed by atoms with Crippen molar-refractivity contribution in [3.8, 4) is 0 Å². The quantitative estimate of drug-likeness (QED) is 0.232. The molecular formula is C20H19ClN4O5S. The molecule has 0 aliphatic rings. The van der Waals surface area contributed by atoms with Gasteiger partial charge in [-0.1, -0.05) is 29.8 Å². The van der Waals surface area contributed by atoms with Crippen molar-refractivity contribution in [1.29, 1.82) is 0 Å². The summed E-state index contributed by atoms with van der Waals surface area (Å²) in [6, 6.07) is 4.98. The zero-order valence-corrected chi connectivity index (χ0v) is 18.2. The number of nitrogens with zero attached hydrogens (tertiary/aromatic N) is 3. The van der Waals surface area contributed by atoms with Crippen molar-refractivity contribution >= 4 is 51.5 Å². The van der Waals surface area contributed by atoms with Crippen molar-refractivity contribution in [2.75, 3.05) is 0 Å². The number of carbonyl (C=O) groups excluding carboxylic acids is 2. The third-order valence-corrected chi connectivity index (χ3v) is 5.24. The first kappa shape index (κ1) is 22.4. The number of fused-ring (bicyclic) bond motifs is 1. The molecule has 0 bridgehead atoms. The summed E-state index contributed by atoms with van der Waals surface area (Å²) in [4.78, 5) is 40.6. The minimum absolute atomic E-state index is 0.201. The largest absolute Gasteiger partial charge is 0.463 e. The van der Waals surface area contributed by atoms with Crippen LogP contribution in [0.25, 0.3) is 11.0 Å². The number of hydrogen-bond donors (Lipinski definition) is 1. The van der Waals surface area contributed by atoms with E-state index in [9.17, 15) is 19.7 Å². The number of nitro groups is 1. The molecule has 11 heteroatoms. The molecule has 1 atom stereocenters. The lowest BCUT2D eigenvalue weighted by Crippen LogP contribution is -2.30. The molecule has 2 aromatic heterocycles. The second kappa shape index (κ2) is 9.71. The molecule has 1 aromatic carbocycles. The molecule has 0 saturated carbocycles. The SMILES string of the molecule is CC(C)OC(=O)CC(NC(=O)/C=C/c1c(Cl)nc2sccn12)c1ccccc1[N+](=O)[O-]. The van der Waals surface area contributed by atoms with Crippen LogP contribution in [0.5, 0.6) is 0 Å². The van der Waals surface area contributed by atoms with Gasteiger partial charge in [0.2, 0.25) is 5.91 Å². The van der Waals surface area contributed by atoms with Crippen LogP contribution in [-0.4, -0.2) is 32.3 Å². The standard InChI is InChI=1S/C20H19ClN4O5S/c1-12(2)30-18(27)11-14(13-5-3-4-6-15(13)25(28)29)22-17(26)8-7-16-19(21)23-20-24(16)9-10-31-20/h3-10,12,14H,11H2,1-2H3,(H,22,26)/b8-7+. The topological polar surface area (TPSA) is 116 Å². The van der Waals surface area contributed by atoms with Gasteiger partial charge in [0.1, 0.15) is 0 Å². The number of thiazole rings is 1. The number of carbonyl (C=O) groups is 2. The molecular weight excluding hydrogens is 444 g/mol. The minimum Gasteiger partial charge on any atom is -0.463 e. The van der Waals surface area contributed by atoms with Crippen LogP contribution < -0.4 is 5.32 Å². The van der Waals surface area contributed by atoms with Gasteiger partial charge in [-0.3, -0.25) is 24.1 Å². The molecule has 162 valence electrons. The highest BCUT2D eigenvalue weighted by molar-refractivity contribution is 7.15. The van der Waals surface area contributed by atoms with Crippen LogP contribution in [-0.2, 0) is 14.3 Å². The molecule has 0 spiro atoms. The van der Waals surface area contributed by atoms with E-state index in [4.69, 9.17) is 16.3 Å². The highest BCUT2D eigenvalue weighted by Crippen LogP contribution is 2.28. The van der Waals surface area contributed by atoms with Gasteiger partial charge in [-0.05, 0) is 19.9 Å². The van der Waals surface area contributed by atoms with Crippen LogP contribution in [0, 0.1) is 10.1 Å². The van der Waals surface area contributed by atoms with Crippen molar-refractivity contribution < 1.29 is 19.2 Å². The zero-order chi connectivity index (χ0) is 22.5. The third-order valence-electron chi connectivity index (χ3n) is 4.21. The summed E-state index contributed by atoms with van der Waals surface area (Å²) in [7, 11) is 0. The summed E-state index contributed by atoms with van der Waals surface area (Å²) in [5.41, 5.74) is 0.528. The first-order valence-corrected chi connectivity index (χ1v) is 10.5. The van der Waals surface area contributed by atoms with Crippen molar-refractivity contribution in [3.05, 3.63) is 68.4 Å². The average molecular weight is 463 g/mol. The van der Waals surface area contributed by atoms with Crippen molar-refractivity contribution in [3.63, 3.8) is 0 Å². The van der Waals surface area contributed by atoms with Gasteiger partial charge in [-0.25, -0.2) is 4.98 Å². The summed E-state index contributed by atoms with van der Waals surface area (Å²) in [5.74, 6) is -1.14. The summed E-state index contributed by atoms with van der Waals surface area (Å²) in [6.45, 7) is 3.39. The molecule has 0 saturated heterocycles. The van der Waals surface area contributed by atoms with Gasteiger partial charge in [-0.2, -0.15) is 0 Å². The molecule has 3 rings (SSSR count). The number of halogens is 1. The van der Waals surface area contributed by atoms with E-state index in [1.165, 1.54) is 41.7 Å². The fourth-order valence-corrected chi connectivity index (χ4v) is 3.97. The van der Waals surface area contributed by atoms with Crippen LogP contribution in [0.3, 0.4) is 0 Å². The maximum absolute atomic E-state index is 12.6. The highest BCUT2D eigenvalue weighted by Gasteiger charge is 2.26. The number of nitro benzene ring substituents is 1. The fourth-order valence-electron chi connectivity index (χ4n) is 2.97. The monoisotopic (exact) mass is 462 g/mol. The van der Waals surface area contributed by atoms with Crippen LogP contribution >= 0.6 is 22.9 Å². The Morgan fingerprint density at radius 1 is 1.39 bits per heavy atom. The summed E-state index contributed by atoms with van der Waals surface area (Å²) < 4.78 is 6.88. The Morgan fingerprint density at radius 3 is 2.84 bits per heavy atom. The Kier molecular flexibility index (Phi) is 7.03. The number of nitrogens with one attached hydrogen (secondary N) is 1. The van der Waals surface area contributed by atoms with Crippen molar-refractivity contribution in [1.82, 2.24) is 14.7 Å². The number of hydrogen-bond acceptors (Lipinski definition) is 7. The van der Waals surface area contributed by atoms with Gasteiger partial charge >= 0.3 is 5.97 Å². The number of para-hydroxylation sites is 1. The number of aromatic nitrogens is 2. The number of benzene rings is 1. The Hall–Kier alpha value is -3.24. The molecule has 31 heavy (non-hydrogen) atoms. The maximum Gasteiger partial charge on any atom is 0.308 e. The Balaban J connectivity index is 1.84. The average Bonchev–Trinajstić information content (AvgIpc) is 3.25. The lowest BCUT2D eigenvalue weighted by molar-refractivity contribution is -0.385. The third kappa shape index (κ3) is 5.47. The van der Waals surface area contributed by atoms with Crippen LogP contribution in [0.15, 0.2) is 41.9 Å². The molecule has 1 amide bonds. The summed E-state index contributed by atoms with van der Waals surface area (Å²) in [6.07, 6.45) is 3.89. The summed E-state index contributed by atoms with van der Waals surface area (Å²) >= 11 is 7.52. The Morgan fingerprint density at radius 2 is 2.13 bits per heavy atom. The summed E-state index contributed by atoms with van der Waals surface area (Å²) in [5, 5.41) is 16.2. The molecule has 2 heterocycles. The minimum atomic E-state index is -0.952.